The summed E-state index contributed by atoms with van der Waals surface area (Å²) in [5.74, 6) is 3.96. The van der Waals surface area contributed by atoms with E-state index in [1.54, 1.807) is 22.7 Å². The molecule has 3 aliphatic rings. The molecular weight excluding hydrogens is 893 g/mol. The molecule has 0 spiro atoms. The van der Waals surface area contributed by atoms with Crippen molar-refractivity contribution in [3.8, 4) is 68.3 Å². The SMILES string of the molecule is c1ccc(-c2nc(-c3ccc4c(c3)C3c5ccccc5C4c4cc(-c5nc(-c6ccccc6)nc(-c6ccc7c(c6)sc6ccccc67)n5)ccc43)nc(-c3ccc4c(c3)sc3ccccc34)n2)cc1. The summed E-state index contributed by atoms with van der Waals surface area (Å²) in [5.41, 5.74) is 13.6. The normalized spacial score (nSPS) is 14.6. The van der Waals surface area contributed by atoms with Crippen LogP contribution in [-0.4, -0.2) is 29.9 Å². The molecule has 3 aliphatic carbocycles. The van der Waals surface area contributed by atoms with E-state index in [0.29, 0.717) is 34.9 Å². The van der Waals surface area contributed by atoms with E-state index in [1.807, 2.05) is 36.4 Å². The highest BCUT2D eigenvalue weighted by Gasteiger charge is 2.41. The van der Waals surface area contributed by atoms with Crippen molar-refractivity contribution in [2.24, 2.45) is 0 Å². The van der Waals surface area contributed by atoms with Crippen molar-refractivity contribution in [3.05, 3.63) is 240 Å². The maximum atomic E-state index is 5.25. The predicted molar refractivity (Wildman–Crippen MR) is 286 cm³/mol. The molecule has 2 unspecified atom stereocenters. The maximum Gasteiger partial charge on any atom is 0.164 e. The first kappa shape index (κ1) is 39.4. The third-order valence-electron chi connectivity index (χ3n) is 14.2. The quantitative estimate of drug-likeness (QED) is 0.165. The minimum atomic E-state index is 0.0207. The minimum absolute atomic E-state index is 0.0207. The van der Waals surface area contributed by atoms with Crippen molar-refractivity contribution >= 4 is 63.0 Å². The predicted octanol–water partition coefficient (Wildman–Crippen LogP) is 15.8. The second kappa shape index (κ2) is 15.5. The van der Waals surface area contributed by atoms with Crippen LogP contribution >= 0.6 is 22.7 Å². The smallest absolute Gasteiger partial charge is 0.164 e. The maximum absolute atomic E-state index is 5.25. The number of nitrogens with zero attached hydrogens (tertiary/aromatic N) is 6. The Morgan fingerprint density at radius 1 is 0.229 bits per heavy atom. The van der Waals surface area contributed by atoms with E-state index in [9.17, 15) is 0 Å². The summed E-state index contributed by atoms with van der Waals surface area (Å²) in [5, 5.41) is 5.03. The summed E-state index contributed by atoms with van der Waals surface area (Å²) >= 11 is 3.60. The molecule has 0 radical (unpaired) electrons. The summed E-state index contributed by atoms with van der Waals surface area (Å²) in [6.45, 7) is 0. The van der Waals surface area contributed by atoms with Gasteiger partial charge >= 0.3 is 0 Å². The molecule has 0 fully saturated rings. The highest BCUT2D eigenvalue weighted by molar-refractivity contribution is 7.26. The Labute approximate surface area is 410 Å². The van der Waals surface area contributed by atoms with Gasteiger partial charge in [0.15, 0.2) is 34.9 Å². The van der Waals surface area contributed by atoms with Crippen LogP contribution in [0.25, 0.3) is 109 Å². The molecule has 0 saturated carbocycles. The zero-order valence-electron chi connectivity index (χ0n) is 37.3. The first-order chi connectivity index (χ1) is 34.6. The standard InChI is InChI=1S/C62H36N6S2/c1-3-13-35(14-4-1)57-63-59(67-61(65-57)39-23-27-43-41-17-9-11-21-51(41)69-53(43)33-39)37-25-29-47-49(31-37)55-45-19-7-8-20-46(45)56(47)50-32-38(26-30-48(50)55)60-64-58(36-15-5-2-6-16-36)66-62(68-60)40-24-28-44-42-18-10-12-22-52(42)70-54(44)34-40/h1-34,55-56H. The number of aromatic nitrogens is 6. The lowest BCUT2D eigenvalue weighted by Gasteiger charge is -2.42. The van der Waals surface area contributed by atoms with Gasteiger partial charge in [0, 0.05) is 85.6 Å². The molecule has 4 heterocycles. The largest absolute Gasteiger partial charge is 0.208 e. The van der Waals surface area contributed by atoms with Crippen LogP contribution in [0.4, 0.5) is 0 Å². The summed E-state index contributed by atoms with van der Waals surface area (Å²) in [6.07, 6.45) is 0. The van der Waals surface area contributed by atoms with Crippen LogP contribution in [0, 0.1) is 0 Å². The van der Waals surface area contributed by atoms with Crippen LogP contribution in [0.5, 0.6) is 0 Å². The summed E-state index contributed by atoms with van der Waals surface area (Å²) in [6, 6.07) is 73.4. The van der Waals surface area contributed by atoms with E-state index in [-0.39, 0.29) is 11.8 Å². The fraction of sp³-hybridized carbons (Fsp3) is 0.0323. The third kappa shape index (κ3) is 6.23. The van der Waals surface area contributed by atoms with E-state index in [2.05, 4.69) is 170 Å². The van der Waals surface area contributed by atoms with Gasteiger partial charge in [-0.3, -0.25) is 0 Å². The number of hydrogen-bond donors (Lipinski definition) is 0. The van der Waals surface area contributed by atoms with E-state index in [1.165, 1.54) is 73.7 Å². The van der Waals surface area contributed by atoms with Gasteiger partial charge in [-0.1, -0.05) is 170 Å². The van der Waals surface area contributed by atoms with Crippen molar-refractivity contribution in [1.82, 2.24) is 29.9 Å². The van der Waals surface area contributed by atoms with Gasteiger partial charge in [0.2, 0.25) is 0 Å². The molecule has 0 amide bonds. The molecule has 6 nitrogen and oxygen atoms in total. The third-order valence-corrected chi connectivity index (χ3v) is 16.4. The average Bonchev–Trinajstić information content (AvgIpc) is 4.00. The van der Waals surface area contributed by atoms with Gasteiger partial charge < -0.3 is 0 Å². The first-order valence-corrected chi connectivity index (χ1v) is 25.1. The summed E-state index contributed by atoms with van der Waals surface area (Å²) in [7, 11) is 0. The van der Waals surface area contributed by atoms with Crippen LogP contribution in [0.1, 0.15) is 45.2 Å². The van der Waals surface area contributed by atoms with Crippen molar-refractivity contribution in [2.75, 3.05) is 0 Å². The Morgan fingerprint density at radius 2 is 0.543 bits per heavy atom. The Morgan fingerprint density at radius 3 is 0.971 bits per heavy atom. The van der Waals surface area contributed by atoms with Gasteiger partial charge in [-0.25, -0.2) is 29.9 Å². The monoisotopic (exact) mass is 928 g/mol. The number of hydrogen-bond acceptors (Lipinski definition) is 8. The van der Waals surface area contributed by atoms with Crippen LogP contribution in [0.3, 0.4) is 0 Å². The highest BCUT2D eigenvalue weighted by atomic mass is 32.1. The molecule has 8 heteroatoms. The molecule has 16 rings (SSSR count). The van der Waals surface area contributed by atoms with Gasteiger partial charge in [-0.05, 0) is 69.8 Å². The molecule has 326 valence electrons. The number of thiophene rings is 2. The molecule has 0 saturated heterocycles. The molecular formula is C62H36N6S2. The second-order valence-electron chi connectivity index (χ2n) is 18.1. The number of benzene rings is 9. The van der Waals surface area contributed by atoms with Crippen molar-refractivity contribution in [1.29, 1.82) is 0 Å². The van der Waals surface area contributed by atoms with Gasteiger partial charge in [0.25, 0.3) is 0 Å². The molecule has 2 bridgehead atoms. The fourth-order valence-corrected chi connectivity index (χ4v) is 13.2. The van der Waals surface area contributed by atoms with Gasteiger partial charge in [-0.15, -0.1) is 22.7 Å². The average molecular weight is 929 g/mol. The van der Waals surface area contributed by atoms with E-state index in [4.69, 9.17) is 29.9 Å². The molecule has 4 aromatic heterocycles. The molecule has 9 aromatic carbocycles. The van der Waals surface area contributed by atoms with E-state index >= 15 is 0 Å². The minimum Gasteiger partial charge on any atom is -0.208 e. The van der Waals surface area contributed by atoms with Crippen molar-refractivity contribution in [2.45, 2.75) is 11.8 Å². The second-order valence-corrected chi connectivity index (χ2v) is 20.3. The Kier molecular flexibility index (Phi) is 8.72. The Hall–Kier alpha value is -8.56. The number of fused-ring (bicyclic) bond motifs is 6. The van der Waals surface area contributed by atoms with E-state index in [0.717, 1.165) is 33.4 Å². The summed E-state index contributed by atoms with van der Waals surface area (Å²) in [4.78, 5) is 31.1. The molecule has 0 aliphatic heterocycles. The Bertz CT molecular complexity index is 4000. The van der Waals surface area contributed by atoms with Crippen LogP contribution in [-0.2, 0) is 0 Å². The van der Waals surface area contributed by atoms with Gasteiger partial charge in [-0.2, -0.15) is 0 Å². The highest BCUT2D eigenvalue weighted by Crippen LogP contribution is 2.56. The molecule has 2 atom stereocenters. The molecule has 70 heavy (non-hydrogen) atoms. The van der Waals surface area contributed by atoms with Gasteiger partial charge in [0.1, 0.15) is 0 Å². The molecule has 13 aromatic rings. The zero-order chi connectivity index (χ0) is 45.9. The van der Waals surface area contributed by atoms with Crippen LogP contribution in [0.2, 0.25) is 0 Å². The van der Waals surface area contributed by atoms with Crippen molar-refractivity contribution in [3.63, 3.8) is 0 Å². The molecule has 0 N–H and O–H groups in total. The fourth-order valence-electron chi connectivity index (χ4n) is 10.9. The lowest BCUT2D eigenvalue weighted by Crippen LogP contribution is -2.27. The van der Waals surface area contributed by atoms with Crippen LogP contribution < -0.4 is 0 Å². The Balaban J connectivity index is 0.851. The summed E-state index contributed by atoms with van der Waals surface area (Å²) < 4.78 is 4.97. The van der Waals surface area contributed by atoms with Crippen LogP contribution in [0.15, 0.2) is 206 Å². The topological polar surface area (TPSA) is 77.3 Å². The first-order valence-electron chi connectivity index (χ1n) is 23.5. The van der Waals surface area contributed by atoms with Crippen molar-refractivity contribution < 1.29 is 0 Å². The van der Waals surface area contributed by atoms with Gasteiger partial charge in [0.05, 0.1) is 0 Å². The zero-order valence-corrected chi connectivity index (χ0v) is 38.9. The van der Waals surface area contributed by atoms with E-state index < -0.39 is 0 Å². The lowest BCUT2D eigenvalue weighted by molar-refractivity contribution is 0.754. The lowest BCUT2D eigenvalue weighted by atomic mass is 9.61. The number of rotatable bonds is 6.